The first-order chi connectivity index (χ1) is 9.65. The Morgan fingerprint density at radius 2 is 2.10 bits per heavy atom. The van der Waals surface area contributed by atoms with Gasteiger partial charge in [-0.1, -0.05) is 0 Å². The molecule has 0 radical (unpaired) electrons. The molecule has 0 spiro atoms. The lowest BCUT2D eigenvalue weighted by Gasteiger charge is -2.00. The van der Waals surface area contributed by atoms with Gasteiger partial charge in [-0.15, -0.1) is 0 Å². The number of hydrogen-bond acceptors (Lipinski definition) is 6. The number of hydrogen-bond donors (Lipinski definition) is 1. The zero-order valence-corrected chi connectivity index (χ0v) is 11.4. The van der Waals surface area contributed by atoms with Crippen molar-refractivity contribution in [2.24, 2.45) is 0 Å². The Morgan fingerprint density at radius 1 is 1.25 bits per heavy atom. The molecule has 5 nitrogen and oxygen atoms in total. The van der Waals surface area contributed by atoms with Gasteiger partial charge in [0.15, 0.2) is 5.58 Å². The van der Waals surface area contributed by atoms with E-state index in [1.165, 1.54) is 11.8 Å². The van der Waals surface area contributed by atoms with Gasteiger partial charge in [-0.25, -0.2) is 9.97 Å². The van der Waals surface area contributed by atoms with Crippen molar-refractivity contribution in [1.29, 1.82) is 5.26 Å². The largest absolute Gasteiger partial charge is 0.431 e. The second-order valence-electron chi connectivity index (χ2n) is 4.23. The number of nitrogens with two attached hydrogens (primary N) is 1. The average molecular weight is 282 g/mol. The highest BCUT2D eigenvalue weighted by Gasteiger charge is 2.12. The Hall–Kier alpha value is -2.52. The molecule has 98 valence electrons. The maximum Gasteiger partial charge on any atom is 0.263 e. The molecule has 0 saturated carbocycles. The molecule has 20 heavy (non-hydrogen) atoms. The summed E-state index contributed by atoms with van der Waals surface area (Å²) in [6.45, 7) is 1.87. The number of pyridine rings is 1. The third-order valence-electron chi connectivity index (χ3n) is 2.70. The summed E-state index contributed by atoms with van der Waals surface area (Å²) in [5, 5.41) is 10.1. The van der Waals surface area contributed by atoms with E-state index in [0.29, 0.717) is 32.6 Å². The minimum absolute atomic E-state index is 0.445. The number of nitrogens with zero attached hydrogens (tertiary/aromatic N) is 3. The fourth-order valence-corrected chi connectivity index (χ4v) is 2.60. The van der Waals surface area contributed by atoms with Gasteiger partial charge in [0.25, 0.3) is 5.22 Å². The minimum Gasteiger partial charge on any atom is -0.431 e. The van der Waals surface area contributed by atoms with Gasteiger partial charge >= 0.3 is 0 Å². The lowest BCUT2D eigenvalue weighted by molar-refractivity contribution is 0.489. The van der Waals surface area contributed by atoms with E-state index in [1.54, 1.807) is 30.3 Å². The lowest BCUT2D eigenvalue weighted by Crippen LogP contribution is -1.89. The van der Waals surface area contributed by atoms with E-state index in [1.807, 2.05) is 6.92 Å². The highest BCUT2D eigenvalue weighted by molar-refractivity contribution is 7.99. The maximum atomic E-state index is 9.09. The zero-order chi connectivity index (χ0) is 14.1. The molecular formula is C14H10N4OS. The predicted octanol–water partition coefficient (Wildman–Crippen LogP) is 3.14. The molecular weight excluding hydrogens is 272 g/mol. The van der Waals surface area contributed by atoms with Gasteiger partial charge in [0.1, 0.15) is 16.6 Å². The normalized spacial score (nSPS) is 10.6. The highest BCUT2D eigenvalue weighted by Crippen LogP contribution is 2.31. The molecule has 6 heteroatoms. The summed E-state index contributed by atoms with van der Waals surface area (Å²) >= 11 is 1.23. The zero-order valence-electron chi connectivity index (χ0n) is 10.6. The molecule has 3 aromatic rings. The third-order valence-corrected chi connectivity index (χ3v) is 3.55. The van der Waals surface area contributed by atoms with Crippen LogP contribution < -0.4 is 5.73 Å². The van der Waals surface area contributed by atoms with Crippen LogP contribution in [0.5, 0.6) is 0 Å². The van der Waals surface area contributed by atoms with Crippen LogP contribution in [0.1, 0.15) is 11.3 Å². The number of nitrogen functional groups attached to an aromatic ring is 1. The van der Waals surface area contributed by atoms with E-state index in [0.717, 1.165) is 5.69 Å². The van der Waals surface area contributed by atoms with Crippen LogP contribution in [0.4, 0.5) is 5.69 Å². The van der Waals surface area contributed by atoms with Crippen LogP contribution in [-0.2, 0) is 0 Å². The summed E-state index contributed by atoms with van der Waals surface area (Å²) in [5.74, 6) is 0. The number of aromatic nitrogens is 2. The predicted molar refractivity (Wildman–Crippen MR) is 76.2 cm³/mol. The van der Waals surface area contributed by atoms with Crippen molar-refractivity contribution in [2.45, 2.75) is 17.2 Å². The Balaban J connectivity index is 2.01. The molecule has 0 atom stereocenters. The van der Waals surface area contributed by atoms with Crippen LogP contribution >= 0.6 is 11.8 Å². The Bertz CT molecular complexity index is 835. The maximum absolute atomic E-state index is 9.09. The van der Waals surface area contributed by atoms with Crippen molar-refractivity contribution in [2.75, 3.05) is 5.73 Å². The van der Waals surface area contributed by atoms with Crippen LogP contribution in [0.3, 0.4) is 0 Å². The number of anilines is 1. The number of fused-ring (bicyclic) bond motifs is 1. The Labute approximate surface area is 119 Å². The quantitative estimate of drug-likeness (QED) is 0.726. The van der Waals surface area contributed by atoms with Gasteiger partial charge in [0, 0.05) is 11.4 Å². The van der Waals surface area contributed by atoms with Crippen LogP contribution in [0, 0.1) is 18.3 Å². The van der Waals surface area contributed by atoms with Crippen molar-refractivity contribution in [3.8, 4) is 6.07 Å². The van der Waals surface area contributed by atoms with E-state index in [9.17, 15) is 0 Å². The summed E-state index contributed by atoms with van der Waals surface area (Å²) in [7, 11) is 0. The molecule has 2 N–H and O–H groups in total. The fourth-order valence-electron chi connectivity index (χ4n) is 1.75. The number of rotatable bonds is 2. The first-order valence-corrected chi connectivity index (χ1v) is 6.69. The summed E-state index contributed by atoms with van der Waals surface area (Å²) in [6, 6.07) is 10.9. The fraction of sp³-hybridized carbons (Fsp3) is 0.0714. The second-order valence-corrected chi connectivity index (χ2v) is 5.17. The van der Waals surface area contributed by atoms with Gasteiger partial charge in [-0.3, -0.25) is 0 Å². The van der Waals surface area contributed by atoms with Crippen molar-refractivity contribution in [1.82, 2.24) is 9.97 Å². The van der Waals surface area contributed by atoms with Crippen molar-refractivity contribution >= 4 is 28.5 Å². The monoisotopic (exact) mass is 282 g/mol. The first-order valence-electron chi connectivity index (χ1n) is 5.87. The van der Waals surface area contributed by atoms with Crippen molar-refractivity contribution in [3.05, 3.63) is 41.6 Å². The second kappa shape index (κ2) is 4.87. The number of benzene rings is 1. The number of nitriles is 1. The molecule has 3 rings (SSSR count). The van der Waals surface area contributed by atoms with Gasteiger partial charge in [0.05, 0.1) is 5.56 Å². The standard InChI is InChI=1S/C14H10N4OS/c1-8-2-3-9(7-15)13(17-8)20-14-18-11-6-10(16)4-5-12(11)19-14/h2-6H,16H2,1H3. The molecule has 2 heterocycles. The molecule has 1 aromatic carbocycles. The van der Waals surface area contributed by atoms with E-state index in [4.69, 9.17) is 15.4 Å². The Morgan fingerprint density at radius 3 is 2.90 bits per heavy atom. The summed E-state index contributed by atoms with van der Waals surface area (Å²) in [4.78, 5) is 8.68. The molecule has 0 unspecified atom stereocenters. The summed E-state index contributed by atoms with van der Waals surface area (Å²) < 4.78 is 5.61. The van der Waals surface area contributed by atoms with E-state index in [-0.39, 0.29) is 0 Å². The molecule has 0 bridgehead atoms. The molecule has 0 aliphatic rings. The molecule has 0 saturated heterocycles. The number of oxazole rings is 1. The van der Waals surface area contributed by atoms with E-state index >= 15 is 0 Å². The van der Waals surface area contributed by atoms with Crippen LogP contribution in [0.2, 0.25) is 0 Å². The molecule has 0 aliphatic heterocycles. The molecule has 0 fully saturated rings. The first kappa shape index (κ1) is 12.5. The van der Waals surface area contributed by atoms with Gasteiger partial charge < -0.3 is 10.2 Å². The smallest absolute Gasteiger partial charge is 0.263 e. The van der Waals surface area contributed by atoms with E-state index in [2.05, 4.69) is 16.0 Å². The van der Waals surface area contributed by atoms with Crippen molar-refractivity contribution < 1.29 is 4.42 Å². The third kappa shape index (κ3) is 2.31. The highest BCUT2D eigenvalue weighted by atomic mass is 32.2. The Kier molecular flexibility index (Phi) is 3.05. The summed E-state index contributed by atoms with van der Waals surface area (Å²) in [6.07, 6.45) is 0. The average Bonchev–Trinajstić information content (AvgIpc) is 2.80. The minimum atomic E-state index is 0.445. The van der Waals surface area contributed by atoms with E-state index < -0.39 is 0 Å². The van der Waals surface area contributed by atoms with Crippen LogP contribution in [-0.4, -0.2) is 9.97 Å². The van der Waals surface area contributed by atoms with Crippen LogP contribution in [0.25, 0.3) is 11.1 Å². The van der Waals surface area contributed by atoms with Gasteiger partial charge in [0.2, 0.25) is 0 Å². The van der Waals surface area contributed by atoms with Crippen molar-refractivity contribution in [3.63, 3.8) is 0 Å². The van der Waals surface area contributed by atoms with Crippen LogP contribution in [0.15, 0.2) is 45.0 Å². The summed E-state index contributed by atoms with van der Waals surface area (Å²) in [5.41, 5.74) is 9.04. The van der Waals surface area contributed by atoms with Gasteiger partial charge in [-0.2, -0.15) is 5.26 Å². The SMILES string of the molecule is Cc1ccc(C#N)c(Sc2nc3cc(N)ccc3o2)n1. The number of aryl methyl sites for hydroxylation is 1. The topological polar surface area (TPSA) is 88.7 Å². The van der Waals surface area contributed by atoms with Gasteiger partial charge in [-0.05, 0) is 49.0 Å². The molecule has 0 amide bonds. The molecule has 2 aromatic heterocycles. The molecule has 0 aliphatic carbocycles. The lowest BCUT2D eigenvalue weighted by atomic mass is 10.3.